The number of hydrogen-bond acceptors (Lipinski definition) is 3. The van der Waals surface area contributed by atoms with Gasteiger partial charge in [-0.25, -0.2) is 9.40 Å². The van der Waals surface area contributed by atoms with Crippen molar-refractivity contribution in [1.29, 1.82) is 0 Å². The van der Waals surface area contributed by atoms with Crippen molar-refractivity contribution in [2.75, 3.05) is 12.1 Å². The summed E-state index contributed by atoms with van der Waals surface area (Å²) in [6.07, 6.45) is 0. The highest BCUT2D eigenvalue weighted by molar-refractivity contribution is 7.80. The molecule has 3 rings (SSSR count). The van der Waals surface area contributed by atoms with Crippen molar-refractivity contribution in [3.63, 3.8) is 0 Å². The highest BCUT2D eigenvalue weighted by Gasteiger charge is 2.38. The third-order valence-electron chi connectivity index (χ3n) is 3.65. The summed E-state index contributed by atoms with van der Waals surface area (Å²) in [4.78, 5) is 0. The molecule has 114 valence electrons. The summed E-state index contributed by atoms with van der Waals surface area (Å²) in [7, 11) is 1.63. The molecular formula is C16H16FN3OS. The van der Waals surface area contributed by atoms with E-state index < -0.39 is 5.66 Å². The lowest BCUT2D eigenvalue weighted by Gasteiger charge is -2.26. The quantitative estimate of drug-likeness (QED) is 0.851. The molecule has 1 saturated heterocycles. The Morgan fingerprint density at radius 3 is 2.32 bits per heavy atom. The smallest absolute Gasteiger partial charge is 0.190 e. The fraction of sp³-hybridized carbons (Fsp3) is 0.188. The lowest BCUT2D eigenvalue weighted by Crippen LogP contribution is -2.45. The van der Waals surface area contributed by atoms with E-state index in [0.717, 1.165) is 17.0 Å². The van der Waals surface area contributed by atoms with Crippen LogP contribution >= 0.6 is 12.2 Å². The molecule has 0 saturated carbocycles. The molecule has 0 radical (unpaired) electrons. The van der Waals surface area contributed by atoms with Gasteiger partial charge in [-0.05, 0) is 61.1 Å². The number of anilines is 1. The maximum absolute atomic E-state index is 13.1. The number of methoxy groups -OCH3 is 1. The Labute approximate surface area is 133 Å². The molecule has 0 aromatic heterocycles. The zero-order chi connectivity index (χ0) is 15.7. The third-order valence-corrected chi connectivity index (χ3v) is 3.93. The van der Waals surface area contributed by atoms with Crippen LogP contribution in [0.25, 0.3) is 0 Å². The predicted octanol–water partition coefficient (Wildman–Crippen LogP) is 2.91. The second-order valence-corrected chi connectivity index (χ2v) is 5.59. The van der Waals surface area contributed by atoms with Gasteiger partial charge >= 0.3 is 0 Å². The molecule has 1 aliphatic heterocycles. The maximum atomic E-state index is 13.1. The molecule has 22 heavy (non-hydrogen) atoms. The Kier molecular flexibility index (Phi) is 3.72. The first-order valence-corrected chi connectivity index (χ1v) is 7.23. The minimum absolute atomic E-state index is 0.264. The van der Waals surface area contributed by atoms with Crippen LogP contribution in [0.3, 0.4) is 0 Å². The van der Waals surface area contributed by atoms with Crippen LogP contribution in [0.1, 0.15) is 12.5 Å². The van der Waals surface area contributed by atoms with Crippen LogP contribution in [0.4, 0.5) is 10.1 Å². The molecule has 2 aromatic carbocycles. The lowest BCUT2D eigenvalue weighted by atomic mass is 10.0. The second-order valence-electron chi connectivity index (χ2n) is 5.21. The standard InChI is InChI=1S/C16H16FN3OS/c1-16(11-3-5-12(17)6-4-11)18-15(22)20(19-16)13-7-9-14(21-2)10-8-13/h3-10,19H,1-2H3,(H,18,22)/t16-/m0/s1. The summed E-state index contributed by atoms with van der Waals surface area (Å²) in [5, 5.41) is 5.58. The number of rotatable bonds is 3. The molecule has 0 aliphatic carbocycles. The highest BCUT2D eigenvalue weighted by atomic mass is 32.1. The summed E-state index contributed by atoms with van der Waals surface area (Å²) in [5.74, 6) is 0.517. The topological polar surface area (TPSA) is 36.5 Å². The number of benzene rings is 2. The van der Waals surface area contributed by atoms with Crippen LogP contribution in [0.15, 0.2) is 48.5 Å². The minimum Gasteiger partial charge on any atom is -0.497 e. The Morgan fingerprint density at radius 2 is 1.73 bits per heavy atom. The van der Waals surface area contributed by atoms with E-state index in [9.17, 15) is 4.39 Å². The first-order chi connectivity index (χ1) is 10.5. The largest absolute Gasteiger partial charge is 0.497 e. The zero-order valence-electron chi connectivity index (χ0n) is 12.3. The average molecular weight is 317 g/mol. The monoisotopic (exact) mass is 317 g/mol. The van der Waals surface area contributed by atoms with Gasteiger partial charge in [0.05, 0.1) is 12.8 Å². The Morgan fingerprint density at radius 1 is 1.09 bits per heavy atom. The molecule has 1 atom stereocenters. The van der Waals surface area contributed by atoms with Gasteiger partial charge in [0.25, 0.3) is 0 Å². The normalized spacial score (nSPS) is 20.9. The number of hydrazine groups is 1. The van der Waals surface area contributed by atoms with E-state index in [2.05, 4.69) is 10.7 Å². The number of nitrogens with zero attached hydrogens (tertiary/aromatic N) is 1. The number of nitrogens with one attached hydrogen (secondary N) is 2. The molecule has 6 heteroatoms. The van der Waals surface area contributed by atoms with E-state index >= 15 is 0 Å². The van der Waals surface area contributed by atoms with Gasteiger partial charge in [-0.2, -0.15) is 5.43 Å². The molecule has 1 aliphatic rings. The highest BCUT2D eigenvalue weighted by Crippen LogP contribution is 2.27. The molecule has 4 nitrogen and oxygen atoms in total. The van der Waals surface area contributed by atoms with Gasteiger partial charge in [0.1, 0.15) is 17.2 Å². The first-order valence-electron chi connectivity index (χ1n) is 6.82. The summed E-state index contributed by atoms with van der Waals surface area (Å²) >= 11 is 5.41. The fourth-order valence-electron chi connectivity index (χ4n) is 2.41. The summed E-state index contributed by atoms with van der Waals surface area (Å²) < 4.78 is 18.3. The van der Waals surface area contributed by atoms with Crippen LogP contribution in [0.5, 0.6) is 5.75 Å². The van der Waals surface area contributed by atoms with Gasteiger partial charge in [-0.1, -0.05) is 12.1 Å². The minimum atomic E-state index is -0.593. The van der Waals surface area contributed by atoms with E-state index in [-0.39, 0.29) is 5.82 Å². The number of ether oxygens (including phenoxy) is 1. The third kappa shape index (κ3) is 2.63. The van der Waals surface area contributed by atoms with Crippen molar-refractivity contribution in [3.8, 4) is 5.75 Å². The Hall–Kier alpha value is -2.18. The van der Waals surface area contributed by atoms with Crippen LogP contribution < -0.4 is 20.5 Å². The van der Waals surface area contributed by atoms with Crippen molar-refractivity contribution in [2.24, 2.45) is 0 Å². The van der Waals surface area contributed by atoms with E-state index in [1.54, 1.807) is 24.3 Å². The lowest BCUT2D eigenvalue weighted by molar-refractivity contribution is 0.389. The van der Waals surface area contributed by atoms with Crippen molar-refractivity contribution < 1.29 is 9.13 Å². The van der Waals surface area contributed by atoms with Gasteiger partial charge < -0.3 is 10.1 Å². The van der Waals surface area contributed by atoms with Crippen molar-refractivity contribution in [1.82, 2.24) is 10.7 Å². The van der Waals surface area contributed by atoms with E-state index in [0.29, 0.717) is 5.11 Å². The molecule has 1 heterocycles. The molecule has 0 spiro atoms. The molecule has 2 aromatic rings. The van der Waals surface area contributed by atoms with Crippen LogP contribution in [0, 0.1) is 5.82 Å². The molecule has 0 unspecified atom stereocenters. The van der Waals surface area contributed by atoms with Crippen molar-refractivity contribution in [3.05, 3.63) is 59.9 Å². The average Bonchev–Trinajstić information content (AvgIpc) is 2.84. The maximum Gasteiger partial charge on any atom is 0.190 e. The summed E-state index contributed by atoms with van der Waals surface area (Å²) in [6, 6.07) is 13.9. The van der Waals surface area contributed by atoms with Crippen LogP contribution in [0.2, 0.25) is 0 Å². The number of thiocarbonyl (C=S) groups is 1. The molecule has 1 fully saturated rings. The van der Waals surface area contributed by atoms with Gasteiger partial charge in [0.2, 0.25) is 0 Å². The van der Waals surface area contributed by atoms with Gasteiger partial charge in [0.15, 0.2) is 5.11 Å². The molecular weight excluding hydrogens is 301 g/mol. The van der Waals surface area contributed by atoms with Crippen LogP contribution in [-0.2, 0) is 5.66 Å². The number of halogens is 1. The number of hydrogen-bond donors (Lipinski definition) is 2. The predicted molar refractivity (Wildman–Crippen MR) is 88.1 cm³/mol. The Bertz CT molecular complexity index is 690. The molecule has 2 N–H and O–H groups in total. The Balaban J connectivity index is 1.86. The van der Waals surface area contributed by atoms with Crippen molar-refractivity contribution in [2.45, 2.75) is 12.6 Å². The van der Waals surface area contributed by atoms with Gasteiger partial charge in [-0.3, -0.25) is 0 Å². The van der Waals surface area contributed by atoms with Crippen molar-refractivity contribution >= 4 is 23.0 Å². The molecule has 0 amide bonds. The first kappa shape index (κ1) is 14.7. The summed E-state index contributed by atoms with van der Waals surface area (Å²) in [6.45, 7) is 1.95. The van der Waals surface area contributed by atoms with E-state index in [1.165, 1.54) is 12.1 Å². The second kappa shape index (κ2) is 5.55. The molecule has 0 bridgehead atoms. The van der Waals surface area contributed by atoms with E-state index in [4.69, 9.17) is 17.0 Å². The van der Waals surface area contributed by atoms with Gasteiger partial charge in [0, 0.05) is 0 Å². The van der Waals surface area contributed by atoms with Crippen LogP contribution in [-0.4, -0.2) is 12.2 Å². The van der Waals surface area contributed by atoms with Gasteiger partial charge in [-0.15, -0.1) is 0 Å². The SMILES string of the molecule is COc1ccc(N2N[C@@](C)(c3ccc(F)cc3)NC2=S)cc1. The fourth-order valence-corrected chi connectivity index (χ4v) is 2.76. The summed E-state index contributed by atoms with van der Waals surface area (Å²) in [5.41, 5.74) is 4.52. The van der Waals surface area contributed by atoms with E-state index in [1.807, 2.05) is 31.2 Å². The zero-order valence-corrected chi connectivity index (χ0v) is 13.1.